The summed E-state index contributed by atoms with van der Waals surface area (Å²) in [6.07, 6.45) is 9.63. The van der Waals surface area contributed by atoms with E-state index >= 15 is 0 Å². The smallest absolute Gasteiger partial charge is 0.298 e. The molecule has 2 amide bonds. The van der Waals surface area contributed by atoms with Crippen LogP contribution in [0.15, 0.2) is 54.4 Å². The molecular formula is C24H35N7O2S. The van der Waals surface area contributed by atoms with Gasteiger partial charge in [0.25, 0.3) is 5.91 Å². The third-order valence-corrected chi connectivity index (χ3v) is 5.59. The first-order valence-electron chi connectivity index (χ1n) is 10.9. The Morgan fingerprint density at radius 1 is 1.24 bits per heavy atom. The fourth-order valence-electron chi connectivity index (χ4n) is 2.65. The molecule has 0 radical (unpaired) electrons. The number of rotatable bonds is 13. The van der Waals surface area contributed by atoms with Gasteiger partial charge in [-0.2, -0.15) is 0 Å². The van der Waals surface area contributed by atoms with Gasteiger partial charge in [0.15, 0.2) is 0 Å². The summed E-state index contributed by atoms with van der Waals surface area (Å²) in [4.78, 5) is 30.3. The largest absolute Gasteiger partial charge is 0.404 e. The fourth-order valence-corrected chi connectivity index (χ4v) is 3.44. The zero-order valence-corrected chi connectivity index (χ0v) is 21.0. The zero-order valence-electron chi connectivity index (χ0n) is 20.2. The van der Waals surface area contributed by atoms with Gasteiger partial charge in [0, 0.05) is 55.4 Å². The second-order valence-corrected chi connectivity index (χ2v) is 8.10. The van der Waals surface area contributed by atoms with Crippen molar-refractivity contribution in [3.63, 3.8) is 0 Å². The number of hydrogen-bond acceptors (Lipinski definition) is 8. The van der Waals surface area contributed by atoms with Gasteiger partial charge in [0.2, 0.25) is 5.91 Å². The quantitative estimate of drug-likeness (QED) is 0.122. The maximum atomic E-state index is 12.3. The van der Waals surface area contributed by atoms with Crippen LogP contribution in [0, 0.1) is 11.8 Å². The van der Waals surface area contributed by atoms with Gasteiger partial charge in [-0.25, -0.2) is 0 Å². The van der Waals surface area contributed by atoms with Crippen LogP contribution in [-0.4, -0.2) is 53.8 Å². The minimum absolute atomic E-state index is 0.247. The van der Waals surface area contributed by atoms with Crippen molar-refractivity contribution in [2.75, 3.05) is 26.0 Å². The molecule has 7 N–H and O–H groups in total. The average molecular weight is 486 g/mol. The molecule has 0 unspecified atom stereocenters. The van der Waals surface area contributed by atoms with E-state index < -0.39 is 11.9 Å². The van der Waals surface area contributed by atoms with E-state index in [-0.39, 0.29) is 5.91 Å². The number of pyridine rings is 1. The van der Waals surface area contributed by atoms with Gasteiger partial charge in [-0.1, -0.05) is 18.9 Å². The van der Waals surface area contributed by atoms with Crippen LogP contribution >= 0.6 is 11.8 Å². The van der Waals surface area contributed by atoms with Crippen LogP contribution < -0.4 is 27.4 Å². The van der Waals surface area contributed by atoms with E-state index in [9.17, 15) is 9.59 Å². The number of thioether (sulfide) groups is 1. The lowest BCUT2D eigenvalue weighted by atomic mass is 10.2. The molecule has 9 nitrogen and oxygen atoms in total. The third-order valence-electron chi connectivity index (χ3n) is 4.62. The molecule has 1 heterocycles. The molecule has 0 bridgehead atoms. The van der Waals surface area contributed by atoms with Crippen LogP contribution in [0.3, 0.4) is 0 Å². The SMILES string of the molecule is CC#CC(=O)N(C)[C@@H](C)C(=O)NCCNC(/C=C(\N)NCS/C(=C\N)c1ccncc1)=C/CC. The van der Waals surface area contributed by atoms with E-state index in [4.69, 9.17) is 11.5 Å². The maximum absolute atomic E-state index is 12.3. The number of nitrogens with one attached hydrogen (secondary N) is 3. The van der Waals surface area contributed by atoms with E-state index in [0.717, 1.165) is 22.6 Å². The molecule has 0 aliphatic carbocycles. The van der Waals surface area contributed by atoms with Gasteiger partial charge in [-0.05, 0) is 43.9 Å². The maximum Gasteiger partial charge on any atom is 0.298 e. The Hall–Kier alpha value is -3.58. The average Bonchev–Trinajstić information content (AvgIpc) is 2.84. The first kappa shape index (κ1) is 28.5. The van der Waals surface area contributed by atoms with Gasteiger partial charge >= 0.3 is 0 Å². The summed E-state index contributed by atoms with van der Waals surface area (Å²) >= 11 is 1.53. The van der Waals surface area contributed by atoms with Crippen LogP contribution in [0.25, 0.3) is 4.91 Å². The molecule has 1 aromatic rings. The lowest BCUT2D eigenvalue weighted by Gasteiger charge is -2.22. The number of carbonyl (C=O) groups is 2. The number of likely N-dealkylation sites (N-methyl/N-ethyl adjacent to an activating group) is 1. The predicted molar refractivity (Wildman–Crippen MR) is 139 cm³/mol. The molecule has 1 aromatic heterocycles. The number of carbonyl (C=O) groups excluding carboxylic acids is 2. The molecule has 0 aliphatic heterocycles. The minimum Gasteiger partial charge on any atom is -0.404 e. The molecule has 0 aromatic carbocycles. The first-order valence-corrected chi connectivity index (χ1v) is 11.9. The van der Waals surface area contributed by atoms with Crippen molar-refractivity contribution in [2.45, 2.75) is 33.2 Å². The van der Waals surface area contributed by atoms with Crippen LogP contribution in [-0.2, 0) is 9.59 Å². The molecule has 184 valence electrons. The Kier molecular flexibility index (Phi) is 13.5. The van der Waals surface area contributed by atoms with E-state index in [1.807, 2.05) is 31.2 Å². The van der Waals surface area contributed by atoms with Crippen molar-refractivity contribution in [3.8, 4) is 11.8 Å². The van der Waals surface area contributed by atoms with Crippen molar-refractivity contribution >= 4 is 28.5 Å². The summed E-state index contributed by atoms with van der Waals surface area (Å²) in [6.45, 7) is 6.15. The molecular weight excluding hydrogens is 450 g/mol. The number of amides is 2. The third kappa shape index (κ3) is 10.4. The molecule has 0 saturated carbocycles. The van der Waals surface area contributed by atoms with Crippen molar-refractivity contribution < 1.29 is 9.59 Å². The van der Waals surface area contributed by atoms with Crippen molar-refractivity contribution in [1.29, 1.82) is 0 Å². The molecule has 1 atom stereocenters. The topological polar surface area (TPSA) is 138 Å². The van der Waals surface area contributed by atoms with Crippen LogP contribution in [0.5, 0.6) is 0 Å². The van der Waals surface area contributed by atoms with E-state index in [1.54, 1.807) is 39.5 Å². The Balaban J connectivity index is 2.49. The highest BCUT2D eigenvalue weighted by molar-refractivity contribution is 8.08. The monoisotopic (exact) mass is 485 g/mol. The molecule has 10 heteroatoms. The minimum atomic E-state index is -0.615. The highest BCUT2D eigenvalue weighted by Crippen LogP contribution is 2.24. The first-order chi connectivity index (χ1) is 16.3. The summed E-state index contributed by atoms with van der Waals surface area (Å²) in [5.74, 6) is 5.37. The number of nitrogens with two attached hydrogens (primary N) is 2. The Labute approximate surface area is 206 Å². The number of allylic oxidation sites excluding steroid dienone is 2. The van der Waals surface area contributed by atoms with E-state index in [2.05, 4.69) is 32.8 Å². The lowest BCUT2D eigenvalue weighted by molar-refractivity contribution is -0.134. The van der Waals surface area contributed by atoms with Gasteiger partial charge in [0.05, 0.1) is 11.7 Å². The zero-order chi connectivity index (χ0) is 25.3. The Morgan fingerprint density at radius 2 is 1.91 bits per heavy atom. The lowest BCUT2D eigenvalue weighted by Crippen LogP contribution is -2.46. The van der Waals surface area contributed by atoms with E-state index in [1.165, 1.54) is 16.7 Å². The highest BCUT2D eigenvalue weighted by atomic mass is 32.2. The summed E-state index contributed by atoms with van der Waals surface area (Å²) in [5, 5.41) is 9.23. The molecule has 34 heavy (non-hydrogen) atoms. The van der Waals surface area contributed by atoms with Crippen molar-refractivity contribution in [2.24, 2.45) is 11.5 Å². The van der Waals surface area contributed by atoms with Gasteiger partial charge in [-0.15, -0.1) is 11.8 Å². The molecule has 0 fully saturated rings. The summed E-state index contributed by atoms with van der Waals surface area (Å²) in [7, 11) is 1.56. The Bertz CT molecular complexity index is 949. The summed E-state index contributed by atoms with van der Waals surface area (Å²) in [6, 6.07) is 3.17. The van der Waals surface area contributed by atoms with Crippen molar-refractivity contribution in [3.05, 3.63) is 60.0 Å². The summed E-state index contributed by atoms with van der Waals surface area (Å²) < 4.78 is 0. The number of nitrogens with zero attached hydrogens (tertiary/aromatic N) is 2. The standard InChI is InChI=1S/C24H35N7O2S/c1-5-7-20(28-13-14-29-24(33)18(3)31(4)23(32)8-6-2)15-22(26)30-17-34-21(16-25)19-9-11-27-12-10-19/h7,9-12,15-16,18,28,30H,5,13-14,17,25-26H2,1-4H3,(H,29,33)/b20-7+,21-16-,22-15+/t18-/m0/s1. The predicted octanol–water partition coefficient (Wildman–Crippen LogP) is 1.29. The van der Waals surface area contributed by atoms with Gasteiger partial charge in [0.1, 0.15) is 6.04 Å². The van der Waals surface area contributed by atoms with Crippen LogP contribution in [0.1, 0.15) is 32.8 Å². The highest BCUT2D eigenvalue weighted by Gasteiger charge is 2.20. The van der Waals surface area contributed by atoms with Crippen LogP contribution in [0.2, 0.25) is 0 Å². The molecule has 0 saturated heterocycles. The van der Waals surface area contributed by atoms with E-state index in [0.29, 0.717) is 24.8 Å². The molecule has 0 aliphatic rings. The second-order valence-electron chi connectivity index (χ2n) is 7.08. The Morgan fingerprint density at radius 3 is 2.53 bits per heavy atom. The fraction of sp³-hybridized carbons (Fsp3) is 0.375. The van der Waals surface area contributed by atoms with Gasteiger partial charge in [-0.3, -0.25) is 14.6 Å². The second kappa shape index (κ2) is 16.1. The normalized spacial score (nSPS) is 12.8. The summed E-state index contributed by atoms with van der Waals surface area (Å²) in [5.41, 5.74) is 13.7. The molecule has 1 rings (SSSR count). The number of aromatic nitrogens is 1. The van der Waals surface area contributed by atoms with Crippen LogP contribution in [0.4, 0.5) is 0 Å². The van der Waals surface area contributed by atoms with Crippen molar-refractivity contribution in [1.82, 2.24) is 25.8 Å². The molecule has 0 spiro atoms. The number of hydrogen-bond donors (Lipinski definition) is 5. The van der Waals surface area contributed by atoms with Gasteiger partial charge < -0.3 is 32.3 Å².